The summed E-state index contributed by atoms with van der Waals surface area (Å²) in [4.78, 5) is 1.33. The van der Waals surface area contributed by atoms with Gasteiger partial charge in [-0.25, -0.2) is 0 Å². The van der Waals surface area contributed by atoms with Crippen LogP contribution >= 0.6 is 27.3 Å². The zero-order valence-electron chi connectivity index (χ0n) is 12.0. The number of nitrogens with one attached hydrogen (secondary N) is 1. The molecule has 0 saturated carbocycles. The van der Waals surface area contributed by atoms with Gasteiger partial charge in [0.2, 0.25) is 0 Å². The molecule has 0 saturated heterocycles. The Kier molecular flexibility index (Phi) is 5.64. The van der Waals surface area contributed by atoms with Gasteiger partial charge >= 0.3 is 0 Å². The normalized spacial score (nSPS) is 12.7. The predicted molar refractivity (Wildman–Crippen MR) is 89.5 cm³/mol. The molecule has 1 N–H and O–H groups in total. The molecule has 108 valence electrons. The summed E-state index contributed by atoms with van der Waals surface area (Å²) in [6.07, 6.45) is 0.204. The summed E-state index contributed by atoms with van der Waals surface area (Å²) in [7, 11) is 0. The van der Waals surface area contributed by atoms with Crippen molar-refractivity contribution in [1.82, 2.24) is 5.32 Å². The number of benzene rings is 1. The van der Waals surface area contributed by atoms with E-state index < -0.39 is 0 Å². The van der Waals surface area contributed by atoms with E-state index in [1.165, 1.54) is 14.9 Å². The lowest BCUT2D eigenvalue weighted by Gasteiger charge is -2.16. The van der Waals surface area contributed by atoms with Crippen LogP contribution in [0.3, 0.4) is 0 Å². The molecule has 4 heteroatoms. The number of hydrogen-bond acceptors (Lipinski definition) is 3. The molecule has 0 aliphatic carbocycles. The van der Waals surface area contributed by atoms with Crippen LogP contribution in [0.15, 0.2) is 40.2 Å². The summed E-state index contributed by atoms with van der Waals surface area (Å²) in [6.45, 7) is 7.13. The van der Waals surface area contributed by atoms with Crippen LogP contribution in [-0.2, 0) is 6.54 Å². The third-order valence-electron chi connectivity index (χ3n) is 2.99. The van der Waals surface area contributed by atoms with Crippen LogP contribution in [0.1, 0.15) is 37.3 Å². The van der Waals surface area contributed by atoms with Gasteiger partial charge in [-0.05, 0) is 65.8 Å². The molecule has 2 nitrogen and oxygen atoms in total. The average molecular weight is 354 g/mol. The molecule has 2 rings (SSSR count). The van der Waals surface area contributed by atoms with Gasteiger partial charge in [0.05, 0.1) is 6.10 Å². The van der Waals surface area contributed by atoms with Crippen LogP contribution in [-0.4, -0.2) is 6.10 Å². The van der Waals surface area contributed by atoms with E-state index in [1.54, 1.807) is 11.3 Å². The molecule has 1 atom stereocenters. The van der Waals surface area contributed by atoms with Crippen molar-refractivity contribution >= 4 is 27.3 Å². The summed E-state index contributed by atoms with van der Waals surface area (Å²) in [6, 6.07) is 10.7. The van der Waals surface area contributed by atoms with Crippen LogP contribution in [0, 0.1) is 0 Å². The highest BCUT2D eigenvalue weighted by Crippen LogP contribution is 2.24. The van der Waals surface area contributed by atoms with Crippen LogP contribution in [0.4, 0.5) is 0 Å². The predicted octanol–water partition coefficient (Wildman–Crippen LogP) is 5.15. The Labute approximate surface area is 133 Å². The van der Waals surface area contributed by atoms with Gasteiger partial charge in [0, 0.05) is 21.9 Å². The van der Waals surface area contributed by atoms with E-state index >= 15 is 0 Å². The van der Waals surface area contributed by atoms with Crippen molar-refractivity contribution in [3.05, 3.63) is 50.6 Å². The molecule has 20 heavy (non-hydrogen) atoms. The molecule has 2 aromatic rings. The van der Waals surface area contributed by atoms with Crippen molar-refractivity contribution in [2.45, 2.75) is 39.5 Å². The Morgan fingerprint density at radius 1 is 1.25 bits per heavy atom. The molecular weight excluding hydrogens is 334 g/mol. The van der Waals surface area contributed by atoms with Crippen LogP contribution in [0.25, 0.3) is 0 Å². The zero-order chi connectivity index (χ0) is 14.5. The number of halogens is 1. The Morgan fingerprint density at radius 3 is 2.70 bits per heavy atom. The lowest BCUT2D eigenvalue weighted by atomic mass is 10.1. The van der Waals surface area contributed by atoms with E-state index in [0.717, 1.165) is 12.3 Å². The lowest BCUT2D eigenvalue weighted by molar-refractivity contribution is 0.242. The second kappa shape index (κ2) is 7.25. The Bertz CT molecular complexity index is 553. The largest absolute Gasteiger partial charge is 0.491 e. The molecule has 1 aromatic heterocycles. The Hall–Kier alpha value is -0.840. The first-order valence-electron chi connectivity index (χ1n) is 6.78. The van der Waals surface area contributed by atoms with Gasteiger partial charge in [0.1, 0.15) is 5.75 Å². The maximum atomic E-state index is 5.74. The minimum absolute atomic E-state index is 0.204. The van der Waals surface area contributed by atoms with Crippen LogP contribution in [0.2, 0.25) is 0 Å². The number of rotatable bonds is 6. The van der Waals surface area contributed by atoms with Crippen molar-refractivity contribution in [3.63, 3.8) is 0 Å². The first-order chi connectivity index (χ1) is 9.56. The van der Waals surface area contributed by atoms with E-state index in [4.69, 9.17) is 4.74 Å². The van der Waals surface area contributed by atoms with Gasteiger partial charge in [0.15, 0.2) is 0 Å². The highest BCUT2D eigenvalue weighted by molar-refractivity contribution is 9.10. The molecule has 0 fully saturated rings. The summed E-state index contributed by atoms with van der Waals surface area (Å²) in [5.74, 6) is 0.934. The average Bonchev–Trinajstić information content (AvgIpc) is 2.81. The Morgan fingerprint density at radius 2 is 2.05 bits per heavy atom. The van der Waals surface area contributed by atoms with Gasteiger partial charge in [-0.15, -0.1) is 11.3 Å². The molecule has 0 bridgehead atoms. The minimum Gasteiger partial charge on any atom is -0.491 e. The van der Waals surface area contributed by atoms with Crippen molar-refractivity contribution in [2.24, 2.45) is 0 Å². The molecule has 1 unspecified atom stereocenters. The maximum absolute atomic E-state index is 5.74. The second-order valence-electron chi connectivity index (χ2n) is 5.03. The SMILES string of the molecule is CC(C)Oc1cccc(C(C)NCc2sccc2Br)c1. The van der Waals surface area contributed by atoms with Crippen molar-refractivity contribution in [3.8, 4) is 5.75 Å². The molecule has 0 aliphatic rings. The van der Waals surface area contributed by atoms with Gasteiger partial charge < -0.3 is 10.1 Å². The molecular formula is C16H20BrNOS. The molecule has 0 spiro atoms. The first-order valence-corrected chi connectivity index (χ1v) is 8.45. The molecule has 1 heterocycles. The summed E-state index contributed by atoms with van der Waals surface area (Å²) in [5.41, 5.74) is 1.25. The third kappa shape index (κ3) is 4.33. The molecule has 0 amide bonds. The van der Waals surface area contributed by atoms with Gasteiger partial charge in [0.25, 0.3) is 0 Å². The topological polar surface area (TPSA) is 21.3 Å². The number of thiophene rings is 1. The highest BCUT2D eigenvalue weighted by Gasteiger charge is 2.08. The number of ether oxygens (including phenoxy) is 1. The van der Waals surface area contributed by atoms with E-state index in [9.17, 15) is 0 Å². The maximum Gasteiger partial charge on any atom is 0.120 e. The van der Waals surface area contributed by atoms with Crippen molar-refractivity contribution in [2.75, 3.05) is 0 Å². The standard InChI is InChI=1S/C16H20BrNOS/c1-11(2)19-14-6-4-5-13(9-14)12(3)18-10-16-15(17)7-8-20-16/h4-9,11-12,18H,10H2,1-3H3. The molecule has 1 aromatic carbocycles. The fourth-order valence-electron chi connectivity index (χ4n) is 1.94. The van der Waals surface area contributed by atoms with Crippen molar-refractivity contribution in [1.29, 1.82) is 0 Å². The van der Waals surface area contributed by atoms with Gasteiger partial charge in [-0.3, -0.25) is 0 Å². The highest BCUT2D eigenvalue weighted by atomic mass is 79.9. The fraction of sp³-hybridized carbons (Fsp3) is 0.375. The molecule has 0 radical (unpaired) electrons. The summed E-state index contributed by atoms with van der Waals surface area (Å²) >= 11 is 5.33. The van der Waals surface area contributed by atoms with Gasteiger partial charge in [-0.1, -0.05) is 12.1 Å². The molecule has 0 aliphatic heterocycles. The Balaban J connectivity index is 1.98. The quantitative estimate of drug-likeness (QED) is 0.775. The van der Waals surface area contributed by atoms with Crippen LogP contribution in [0.5, 0.6) is 5.75 Å². The van der Waals surface area contributed by atoms with Crippen molar-refractivity contribution < 1.29 is 4.74 Å². The fourth-order valence-corrected chi connectivity index (χ4v) is 3.39. The van der Waals surface area contributed by atoms with E-state index in [0.29, 0.717) is 6.04 Å². The second-order valence-corrected chi connectivity index (χ2v) is 6.89. The van der Waals surface area contributed by atoms with Gasteiger partial charge in [-0.2, -0.15) is 0 Å². The summed E-state index contributed by atoms with van der Waals surface area (Å²) in [5, 5.41) is 5.65. The van der Waals surface area contributed by atoms with Crippen LogP contribution < -0.4 is 10.1 Å². The third-order valence-corrected chi connectivity index (χ3v) is 4.92. The smallest absolute Gasteiger partial charge is 0.120 e. The zero-order valence-corrected chi connectivity index (χ0v) is 14.4. The number of hydrogen-bond donors (Lipinski definition) is 1. The first kappa shape index (κ1) is 15.5. The summed E-state index contributed by atoms with van der Waals surface area (Å²) < 4.78 is 6.92. The van der Waals surface area contributed by atoms with E-state index in [2.05, 4.69) is 51.7 Å². The van der Waals surface area contributed by atoms with E-state index in [-0.39, 0.29) is 6.10 Å². The lowest BCUT2D eigenvalue weighted by Crippen LogP contribution is -2.17. The van der Waals surface area contributed by atoms with E-state index in [1.807, 2.05) is 26.0 Å². The monoisotopic (exact) mass is 353 g/mol. The minimum atomic E-state index is 0.204.